The molecule has 3 rings (SSSR count). The van der Waals surface area contributed by atoms with Crippen molar-refractivity contribution in [2.75, 3.05) is 50.8 Å². The van der Waals surface area contributed by atoms with Gasteiger partial charge in [0.25, 0.3) is 5.91 Å². The minimum absolute atomic E-state index is 0.000896. The fourth-order valence-electron chi connectivity index (χ4n) is 4.05. The number of sulfonamides is 1. The highest BCUT2D eigenvalue weighted by molar-refractivity contribution is 7.89. The van der Waals surface area contributed by atoms with Gasteiger partial charge in [-0.15, -0.1) is 0 Å². The number of carbonyl (C=O) groups excluding carboxylic acids is 3. The maximum absolute atomic E-state index is 13.1. The molecule has 12 heteroatoms. The van der Waals surface area contributed by atoms with E-state index in [-0.39, 0.29) is 30.5 Å². The minimum atomic E-state index is -4.29. The third-order valence-corrected chi connectivity index (χ3v) is 7.38. The van der Waals surface area contributed by atoms with Crippen LogP contribution in [-0.4, -0.2) is 93.0 Å². The molecule has 2 aliphatic heterocycles. The van der Waals surface area contributed by atoms with E-state index in [0.29, 0.717) is 50.3 Å². The molecule has 0 spiro atoms. The Labute approximate surface area is 187 Å². The molecular formula is C20H29N5O6S. The zero-order valence-corrected chi connectivity index (χ0v) is 18.8. The number of rotatable bonds is 8. The number of hydrogen-bond donors (Lipinski definition) is 3. The number of piperazine rings is 1. The van der Waals surface area contributed by atoms with Crippen LogP contribution in [0, 0.1) is 6.92 Å². The molecule has 0 radical (unpaired) electrons. The lowest BCUT2D eigenvalue weighted by Gasteiger charge is -2.35. The van der Waals surface area contributed by atoms with Gasteiger partial charge in [-0.3, -0.25) is 19.3 Å². The van der Waals surface area contributed by atoms with Crippen molar-refractivity contribution in [3.63, 3.8) is 0 Å². The highest BCUT2D eigenvalue weighted by Gasteiger charge is 2.36. The highest BCUT2D eigenvalue weighted by Crippen LogP contribution is 2.29. The van der Waals surface area contributed by atoms with E-state index in [1.807, 2.05) is 4.90 Å². The van der Waals surface area contributed by atoms with Crippen molar-refractivity contribution < 1.29 is 27.9 Å². The first-order chi connectivity index (χ1) is 15.2. The Hall–Kier alpha value is -2.54. The number of β-amino-alcohol motifs (C(OH)–C–C–N with tert-alkyl or cyclic N) is 1. The predicted molar refractivity (Wildman–Crippen MR) is 116 cm³/mol. The largest absolute Gasteiger partial charge is 0.395 e. The summed E-state index contributed by atoms with van der Waals surface area (Å²) in [6.45, 7) is 4.12. The molecule has 0 bridgehead atoms. The summed E-state index contributed by atoms with van der Waals surface area (Å²) in [7, 11) is -4.29. The maximum atomic E-state index is 13.1. The van der Waals surface area contributed by atoms with Gasteiger partial charge in [0.2, 0.25) is 21.8 Å². The van der Waals surface area contributed by atoms with Crippen molar-refractivity contribution in [3.8, 4) is 0 Å². The number of amides is 3. The summed E-state index contributed by atoms with van der Waals surface area (Å²) in [4.78, 5) is 41.8. The Bertz CT molecular complexity index is 990. The first kappa shape index (κ1) is 24.1. The molecule has 2 fully saturated rings. The van der Waals surface area contributed by atoms with Gasteiger partial charge in [0.1, 0.15) is 0 Å². The zero-order chi connectivity index (χ0) is 23.5. The van der Waals surface area contributed by atoms with Crippen LogP contribution in [-0.2, 0) is 24.4 Å². The summed E-state index contributed by atoms with van der Waals surface area (Å²) in [5, 5.41) is 9.03. The van der Waals surface area contributed by atoms with Gasteiger partial charge >= 0.3 is 0 Å². The van der Waals surface area contributed by atoms with Crippen LogP contribution >= 0.6 is 0 Å². The van der Waals surface area contributed by atoms with Crippen LogP contribution in [0.25, 0.3) is 0 Å². The van der Waals surface area contributed by atoms with Crippen molar-refractivity contribution in [1.29, 1.82) is 0 Å². The van der Waals surface area contributed by atoms with Crippen LogP contribution < -0.4 is 15.4 Å². The van der Waals surface area contributed by atoms with Gasteiger partial charge in [0.15, 0.2) is 6.04 Å². The molecule has 2 aliphatic rings. The second-order valence-corrected chi connectivity index (χ2v) is 9.58. The molecule has 176 valence electrons. The lowest BCUT2D eigenvalue weighted by atomic mass is 10.2. The van der Waals surface area contributed by atoms with Gasteiger partial charge in [0, 0.05) is 51.4 Å². The van der Waals surface area contributed by atoms with E-state index in [0.717, 1.165) is 0 Å². The van der Waals surface area contributed by atoms with Crippen LogP contribution in [0.5, 0.6) is 0 Å². The Morgan fingerprint density at radius 3 is 2.44 bits per heavy atom. The molecule has 2 saturated heterocycles. The molecule has 4 N–H and O–H groups in total. The van der Waals surface area contributed by atoms with Gasteiger partial charge in [0.05, 0.1) is 11.5 Å². The number of nitrogens with zero attached hydrogens (tertiary/aromatic N) is 3. The van der Waals surface area contributed by atoms with E-state index < -0.39 is 27.9 Å². The molecule has 3 amide bonds. The number of primary amides is 1. The number of aliphatic hydroxyl groups excluding tert-OH is 1. The molecule has 1 aromatic carbocycles. The van der Waals surface area contributed by atoms with E-state index >= 15 is 0 Å². The molecule has 1 atom stereocenters. The summed E-state index contributed by atoms with van der Waals surface area (Å²) in [5.74, 6) is -1.89. The maximum Gasteiger partial charge on any atom is 0.250 e. The lowest BCUT2D eigenvalue weighted by molar-refractivity contribution is -0.139. The summed E-state index contributed by atoms with van der Waals surface area (Å²) in [5.41, 5.74) is 6.21. The van der Waals surface area contributed by atoms with E-state index in [1.165, 1.54) is 21.9 Å². The van der Waals surface area contributed by atoms with Crippen LogP contribution in [0.4, 0.5) is 5.69 Å². The summed E-state index contributed by atoms with van der Waals surface area (Å²) < 4.78 is 28.4. The Morgan fingerprint density at radius 2 is 1.88 bits per heavy atom. The topological polar surface area (TPSA) is 153 Å². The Kier molecular flexibility index (Phi) is 7.49. The first-order valence-corrected chi connectivity index (χ1v) is 12.0. The summed E-state index contributed by atoms with van der Waals surface area (Å²) in [6, 6.07) is 2.79. The third kappa shape index (κ3) is 5.09. The number of benzene rings is 1. The van der Waals surface area contributed by atoms with Crippen LogP contribution in [0.2, 0.25) is 0 Å². The average molecular weight is 468 g/mol. The lowest BCUT2D eigenvalue weighted by Crippen LogP contribution is -2.58. The van der Waals surface area contributed by atoms with E-state index in [1.54, 1.807) is 13.0 Å². The second-order valence-electron chi connectivity index (χ2n) is 7.90. The molecule has 2 heterocycles. The fourth-order valence-corrected chi connectivity index (χ4v) is 5.47. The van der Waals surface area contributed by atoms with E-state index in [2.05, 4.69) is 4.72 Å². The molecule has 32 heavy (non-hydrogen) atoms. The van der Waals surface area contributed by atoms with Gasteiger partial charge in [-0.25, -0.2) is 8.42 Å². The van der Waals surface area contributed by atoms with Crippen LogP contribution in [0.1, 0.15) is 18.4 Å². The summed E-state index contributed by atoms with van der Waals surface area (Å²) >= 11 is 0. The van der Waals surface area contributed by atoms with Crippen molar-refractivity contribution >= 4 is 33.4 Å². The third-order valence-electron chi connectivity index (χ3n) is 5.81. The van der Waals surface area contributed by atoms with Crippen molar-refractivity contribution in [1.82, 2.24) is 14.5 Å². The number of hydrogen-bond acceptors (Lipinski definition) is 7. The number of nitrogens with two attached hydrogens (primary N) is 1. The quantitative estimate of drug-likeness (QED) is 0.389. The fraction of sp³-hybridized carbons (Fsp3) is 0.550. The Morgan fingerprint density at radius 1 is 1.19 bits per heavy atom. The normalized spacial score (nSPS) is 18.8. The van der Waals surface area contributed by atoms with Gasteiger partial charge in [-0.1, -0.05) is 6.07 Å². The molecule has 0 aliphatic carbocycles. The van der Waals surface area contributed by atoms with Gasteiger partial charge < -0.3 is 20.6 Å². The Balaban J connectivity index is 1.80. The standard InChI is InChI=1S/C20H29N5O6S/c1-14-15(25-7-3-6-17(25)27)4-2-5-16(14)32(30,31)22-18(19(21)28)20(29)24-10-8-23(9-11-24)12-13-26/h2,4-5,18,22,26H,3,6-13H2,1H3,(H2,21,28)/t18-/m0/s1. The number of aliphatic hydroxyl groups is 1. The number of anilines is 1. The highest BCUT2D eigenvalue weighted by atomic mass is 32.2. The second kappa shape index (κ2) is 9.94. The van der Waals surface area contributed by atoms with E-state index in [4.69, 9.17) is 10.8 Å². The van der Waals surface area contributed by atoms with Crippen LogP contribution in [0.15, 0.2) is 23.1 Å². The molecule has 1 aromatic rings. The summed E-state index contributed by atoms with van der Waals surface area (Å²) in [6.07, 6.45) is 1.09. The van der Waals surface area contributed by atoms with E-state index in [9.17, 15) is 22.8 Å². The predicted octanol–water partition coefficient (Wildman–Crippen LogP) is -1.61. The molecule has 0 aromatic heterocycles. The molecule has 11 nitrogen and oxygen atoms in total. The molecular weight excluding hydrogens is 438 g/mol. The number of carbonyl (C=O) groups is 3. The van der Waals surface area contributed by atoms with Crippen LogP contribution in [0.3, 0.4) is 0 Å². The smallest absolute Gasteiger partial charge is 0.250 e. The van der Waals surface area contributed by atoms with Gasteiger partial charge in [-0.05, 0) is 31.0 Å². The average Bonchev–Trinajstić information content (AvgIpc) is 3.18. The van der Waals surface area contributed by atoms with Gasteiger partial charge in [-0.2, -0.15) is 4.72 Å². The molecule has 0 unspecified atom stereocenters. The van der Waals surface area contributed by atoms with Crippen molar-refractivity contribution in [2.45, 2.75) is 30.7 Å². The minimum Gasteiger partial charge on any atom is -0.395 e. The first-order valence-electron chi connectivity index (χ1n) is 10.5. The molecule has 0 saturated carbocycles. The van der Waals surface area contributed by atoms with Crippen molar-refractivity contribution in [3.05, 3.63) is 23.8 Å². The van der Waals surface area contributed by atoms with Crippen molar-refractivity contribution in [2.24, 2.45) is 5.73 Å². The number of nitrogens with one attached hydrogen (secondary N) is 1. The zero-order valence-electron chi connectivity index (χ0n) is 18.0. The SMILES string of the molecule is Cc1c(N2CCCC2=O)cccc1S(=O)(=O)N[C@@H](C(N)=O)C(=O)N1CCN(CCO)CC1. The monoisotopic (exact) mass is 467 g/mol.